The van der Waals surface area contributed by atoms with E-state index in [0.29, 0.717) is 22.7 Å². The van der Waals surface area contributed by atoms with Crippen LogP contribution in [0.25, 0.3) is 5.57 Å². The lowest BCUT2D eigenvalue weighted by molar-refractivity contribution is -0.137. The topological polar surface area (TPSA) is 67.9 Å². The van der Waals surface area contributed by atoms with E-state index in [4.69, 9.17) is 9.47 Å². The molecule has 1 N–H and O–H groups in total. The van der Waals surface area contributed by atoms with Crippen molar-refractivity contribution in [3.8, 4) is 11.5 Å². The van der Waals surface area contributed by atoms with Gasteiger partial charge >= 0.3 is 0 Å². The van der Waals surface area contributed by atoms with Crippen LogP contribution in [0.2, 0.25) is 0 Å². The minimum Gasteiger partial charge on any atom is -0.454 e. The Hall–Kier alpha value is -4.13. The van der Waals surface area contributed by atoms with Gasteiger partial charge in [0.15, 0.2) is 11.5 Å². The number of imide groups is 1. The van der Waals surface area contributed by atoms with Crippen LogP contribution in [0.1, 0.15) is 11.1 Å². The molecule has 7 heteroatoms. The molecule has 2 aliphatic heterocycles. The van der Waals surface area contributed by atoms with E-state index in [2.05, 4.69) is 5.32 Å². The van der Waals surface area contributed by atoms with Gasteiger partial charge in [-0.2, -0.15) is 0 Å². The molecule has 0 aliphatic carbocycles. The van der Waals surface area contributed by atoms with Gasteiger partial charge in [-0.15, -0.1) is 0 Å². The van der Waals surface area contributed by atoms with Gasteiger partial charge in [0, 0.05) is 5.69 Å². The summed E-state index contributed by atoms with van der Waals surface area (Å²) in [4.78, 5) is 27.7. The summed E-state index contributed by atoms with van der Waals surface area (Å²) in [6, 6.07) is 19.9. The summed E-state index contributed by atoms with van der Waals surface area (Å²) in [5.74, 6) is -0.125. The molecule has 0 bridgehead atoms. The maximum absolute atomic E-state index is 13.4. The van der Waals surface area contributed by atoms with Crippen molar-refractivity contribution in [3.63, 3.8) is 0 Å². The second kappa shape index (κ2) is 7.60. The van der Waals surface area contributed by atoms with Gasteiger partial charge in [0.25, 0.3) is 11.8 Å². The lowest BCUT2D eigenvalue weighted by Gasteiger charge is -2.16. The highest BCUT2D eigenvalue weighted by molar-refractivity contribution is 6.36. The standard InChI is InChI=1S/C24H17FN2O4/c25-17-9-7-16(8-10-17)21-22(26-18-4-2-1-3-5-18)24(29)27(23(21)28)13-15-6-11-19-20(12-15)31-14-30-19/h1-12,26H,13-14H2. The zero-order valence-corrected chi connectivity index (χ0v) is 16.3. The number of fused-ring (bicyclic) bond motifs is 1. The number of hydrogen-bond donors (Lipinski definition) is 1. The average Bonchev–Trinajstić information content (AvgIpc) is 3.34. The molecule has 154 valence electrons. The molecule has 0 unspecified atom stereocenters. The maximum Gasteiger partial charge on any atom is 0.278 e. The Labute approximate surface area is 177 Å². The number of ether oxygens (including phenoxy) is 2. The molecule has 2 aliphatic rings. The fraction of sp³-hybridized carbons (Fsp3) is 0.0833. The predicted molar refractivity (Wildman–Crippen MR) is 112 cm³/mol. The first kappa shape index (κ1) is 18.9. The van der Waals surface area contributed by atoms with Crippen molar-refractivity contribution in [1.82, 2.24) is 4.90 Å². The molecule has 0 spiro atoms. The molecule has 3 aromatic rings. The Morgan fingerprint density at radius 2 is 1.61 bits per heavy atom. The number of halogens is 1. The van der Waals surface area contributed by atoms with E-state index in [1.54, 1.807) is 30.3 Å². The number of nitrogens with zero attached hydrogens (tertiary/aromatic N) is 1. The average molecular weight is 416 g/mol. The summed E-state index contributed by atoms with van der Waals surface area (Å²) in [7, 11) is 0. The molecule has 0 radical (unpaired) electrons. The first-order valence-electron chi connectivity index (χ1n) is 9.67. The normalized spacial score (nSPS) is 15.1. The summed E-state index contributed by atoms with van der Waals surface area (Å²) in [6.07, 6.45) is 0. The fourth-order valence-corrected chi connectivity index (χ4v) is 3.61. The number of para-hydroxylation sites is 1. The summed E-state index contributed by atoms with van der Waals surface area (Å²) < 4.78 is 24.2. The molecular formula is C24H17FN2O4. The number of benzene rings is 3. The van der Waals surface area contributed by atoms with E-state index >= 15 is 0 Å². The van der Waals surface area contributed by atoms with Crippen molar-refractivity contribution in [1.29, 1.82) is 0 Å². The minimum atomic E-state index is -0.453. The predicted octanol–water partition coefficient (Wildman–Crippen LogP) is 3.95. The Balaban J connectivity index is 1.50. The zero-order chi connectivity index (χ0) is 21.4. The maximum atomic E-state index is 13.4. The van der Waals surface area contributed by atoms with Gasteiger partial charge in [-0.25, -0.2) is 4.39 Å². The summed E-state index contributed by atoms with van der Waals surface area (Å²) in [6.45, 7) is 0.209. The van der Waals surface area contributed by atoms with Crippen LogP contribution in [-0.2, 0) is 16.1 Å². The largest absolute Gasteiger partial charge is 0.454 e. The van der Waals surface area contributed by atoms with E-state index in [1.807, 2.05) is 18.2 Å². The number of nitrogens with one attached hydrogen (secondary N) is 1. The zero-order valence-electron chi connectivity index (χ0n) is 16.3. The van der Waals surface area contributed by atoms with Crippen molar-refractivity contribution >= 4 is 23.1 Å². The van der Waals surface area contributed by atoms with Crippen molar-refractivity contribution < 1.29 is 23.5 Å². The molecule has 2 heterocycles. The third-order valence-corrected chi connectivity index (χ3v) is 5.12. The second-order valence-corrected chi connectivity index (χ2v) is 7.13. The van der Waals surface area contributed by atoms with E-state index in [1.165, 1.54) is 29.2 Å². The molecule has 5 rings (SSSR count). The third-order valence-electron chi connectivity index (χ3n) is 5.12. The van der Waals surface area contributed by atoms with Crippen LogP contribution in [0.15, 0.2) is 78.5 Å². The highest BCUT2D eigenvalue weighted by Gasteiger charge is 2.39. The number of anilines is 1. The van der Waals surface area contributed by atoms with Crippen LogP contribution in [0.4, 0.5) is 10.1 Å². The summed E-state index contributed by atoms with van der Waals surface area (Å²) >= 11 is 0. The van der Waals surface area contributed by atoms with Crippen molar-refractivity contribution in [2.45, 2.75) is 6.54 Å². The van der Waals surface area contributed by atoms with Gasteiger partial charge < -0.3 is 14.8 Å². The molecule has 0 atom stereocenters. The molecule has 0 aromatic heterocycles. The van der Waals surface area contributed by atoms with Crippen LogP contribution in [0, 0.1) is 5.82 Å². The summed E-state index contributed by atoms with van der Waals surface area (Å²) in [5, 5.41) is 3.07. The Kier molecular flexibility index (Phi) is 4.63. The molecule has 0 saturated carbocycles. The first-order valence-corrected chi connectivity index (χ1v) is 9.67. The van der Waals surface area contributed by atoms with Crippen molar-refractivity contribution in [3.05, 3.63) is 95.4 Å². The van der Waals surface area contributed by atoms with Gasteiger partial charge in [-0.3, -0.25) is 14.5 Å². The lowest BCUT2D eigenvalue weighted by atomic mass is 10.0. The van der Waals surface area contributed by atoms with Crippen LogP contribution in [0.3, 0.4) is 0 Å². The lowest BCUT2D eigenvalue weighted by Crippen LogP contribution is -2.32. The molecule has 2 amide bonds. The Morgan fingerprint density at radius 3 is 2.39 bits per heavy atom. The van der Waals surface area contributed by atoms with E-state index in [-0.39, 0.29) is 24.6 Å². The number of amides is 2. The molecule has 0 fully saturated rings. The van der Waals surface area contributed by atoms with Gasteiger partial charge in [0.1, 0.15) is 11.5 Å². The van der Waals surface area contributed by atoms with Crippen molar-refractivity contribution in [2.24, 2.45) is 0 Å². The van der Waals surface area contributed by atoms with E-state index < -0.39 is 17.6 Å². The molecule has 31 heavy (non-hydrogen) atoms. The second-order valence-electron chi connectivity index (χ2n) is 7.13. The SMILES string of the molecule is O=C1C(Nc2ccccc2)=C(c2ccc(F)cc2)C(=O)N1Cc1ccc2c(c1)OCO2. The minimum absolute atomic E-state index is 0.0684. The summed E-state index contributed by atoms with van der Waals surface area (Å²) in [5.41, 5.74) is 2.22. The van der Waals surface area contributed by atoms with Gasteiger partial charge in [0.05, 0.1) is 12.1 Å². The number of carbonyl (C=O) groups is 2. The van der Waals surface area contributed by atoms with E-state index in [0.717, 1.165) is 5.56 Å². The van der Waals surface area contributed by atoms with Gasteiger partial charge in [0.2, 0.25) is 6.79 Å². The quantitative estimate of drug-likeness (QED) is 0.638. The molecular weight excluding hydrogens is 399 g/mol. The highest BCUT2D eigenvalue weighted by atomic mass is 19.1. The monoisotopic (exact) mass is 416 g/mol. The van der Waals surface area contributed by atoms with E-state index in [9.17, 15) is 14.0 Å². The van der Waals surface area contributed by atoms with Gasteiger partial charge in [-0.05, 0) is 47.5 Å². The van der Waals surface area contributed by atoms with Gasteiger partial charge in [-0.1, -0.05) is 36.4 Å². The Bertz CT molecular complexity index is 1210. The number of carbonyl (C=O) groups excluding carboxylic acids is 2. The number of rotatable bonds is 5. The highest BCUT2D eigenvalue weighted by Crippen LogP contribution is 2.35. The number of hydrogen-bond acceptors (Lipinski definition) is 5. The molecule has 6 nitrogen and oxygen atoms in total. The van der Waals surface area contributed by atoms with Crippen LogP contribution in [0.5, 0.6) is 11.5 Å². The van der Waals surface area contributed by atoms with Crippen LogP contribution >= 0.6 is 0 Å². The fourth-order valence-electron chi connectivity index (χ4n) is 3.61. The smallest absolute Gasteiger partial charge is 0.278 e. The molecule has 3 aromatic carbocycles. The van der Waals surface area contributed by atoms with Crippen LogP contribution < -0.4 is 14.8 Å². The van der Waals surface area contributed by atoms with Crippen molar-refractivity contribution in [2.75, 3.05) is 12.1 Å². The van der Waals surface area contributed by atoms with Crippen LogP contribution in [-0.4, -0.2) is 23.5 Å². The molecule has 0 saturated heterocycles. The first-order chi connectivity index (χ1) is 15.1. The third kappa shape index (κ3) is 3.50. The Morgan fingerprint density at radius 1 is 0.871 bits per heavy atom.